The molecule has 4 nitrogen and oxygen atoms in total. The molecule has 0 radical (unpaired) electrons. The maximum atomic E-state index is 9.92. The molecule has 106 valence electrons. The number of hydrogen-bond donors (Lipinski definition) is 1. The lowest BCUT2D eigenvalue weighted by Crippen LogP contribution is -2.32. The lowest BCUT2D eigenvalue weighted by molar-refractivity contribution is 0.121. The van der Waals surface area contributed by atoms with Gasteiger partial charge in [0.15, 0.2) is 0 Å². The van der Waals surface area contributed by atoms with Crippen LogP contribution in [-0.2, 0) is 6.54 Å². The van der Waals surface area contributed by atoms with Gasteiger partial charge in [0.25, 0.3) is 0 Å². The molecule has 2 heterocycles. The molecule has 1 unspecified atom stereocenters. The number of aromatic nitrogens is 1. The van der Waals surface area contributed by atoms with Gasteiger partial charge in [0.2, 0.25) is 0 Å². The summed E-state index contributed by atoms with van der Waals surface area (Å²) in [5.41, 5.74) is 1.20. The lowest BCUT2D eigenvalue weighted by atomic mass is 9.87. The Morgan fingerprint density at radius 2 is 2.26 bits per heavy atom. The van der Waals surface area contributed by atoms with E-state index in [4.69, 9.17) is 4.74 Å². The Balaban J connectivity index is 2.00. The average Bonchev–Trinajstić information content (AvgIpc) is 2.48. The molecule has 0 aliphatic carbocycles. The van der Waals surface area contributed by atoms with Gasteiger partial charge in [-0.15, -0.1) is 0 Å². The van der Waals surface area contributed by atoms with E-state index in [0.717, 1.165) is 43.9 Å². The smallest absolute Gasteiger partial charge is 0.137 e. The van der Waals surface area contributed by atoms with Crippen molar-refractivity contribution in [2.75, 3.05) is 20.2 Å². The molecule has 1 fully saturated rings. The van der Waals surface area contributed by atoms with E-state index in [1.807, 2.05) is 12.1 Å². The Labute approximate surface area is 115 Å². The fourth-order valence-electron chi connectivity index (χ4n) is 2.81. The normalized spacial score (nSPS) is 23.9. The third kappa shape index (κ3) is 4.18. The fraction of sp³-hybridized carbons (Fsp3) is 0.667. The van der Waals surface area contributed by atoms with E-state index in [1.165, 1.54) is 0 Å². The number of aliphatic hydroxyl groups excluding tert-OH is 1. The van der Waals surface area contributed by atoms with Gasteiger partial charge >= 0.3 is 0 Å². The minimum atomic E-state index is -0.177. The standard InChI is InChI=1S/C15H24N2O2/c1-15(2)8-13(18)6-7-17(11-15)10-12-4-5-14(19-3)9-16-12/h4-5,9,13,18H,6-8,10-11H2,1-3H3. The molecule has 1 aromatic rings. The monoisotopic (exact) mass is 264 g/mol. The topological polar surface area (TPSA) is 45.6 Å². The quantitative estimate of drug-likeness (QED) is 0.908. The maximum absolute atomic E-state index is 9.92. The van der Waals surface area contributed by atoms with Gasteiger partial charge in [0, 0.05) is 19.6 Å². The molecular formula is C15H24N2O2. The summed E-state index contributed by atoms with van der Waals surface area (Å²) in [6.07, 6.45) is 3.30. The molecule has 0 amide bonds. The highest BCUT2D eigenvalue weighted by molar-refractivity contribution is 5.19. The molecule has 1 aliphatic heterocycles. The van der Waals surface area contributed by atoms with Gasteiger partial charge < -0.3 is 9.84 Å². The summed E-state index contributed by atoms with van der Waals surface area (Å²) >= 11 is 0. The molecule has 0 spiro atoms. The molecule has 4 heteroatoms. The Kier molecular flexibility index (Phi) is 4.42. The molecule has 1 aromatic heterocycles. The van der Waals surface area contributed by atoms with E-state index < -0.39 is 0 Å². The van der Waals surface area contributed by atoms with Gasteiger partial charge in [-0.3, -0.25) is 9.88 Å². The second-order valence-corrected chi connectivity index (χ2v) is 6.21. The first kappa shape index (κ1) is 14.3. The number of methoxy groups -OCH3 is 1. The highest BCUT2D eigenvalue weighted by Gasteiger charge is 2.29. The fourth-order valence-corrected chi connectivity index (χ4v) is 2.81. The van der Waals surface area contributed by atoms with Crippen molar-refractivity contribution in [1.29, 1.82) is 0 Å². The Morgan fingerprint density at radius 1 is 1.47 bits per heavy atom. The first-order chi connectivity index (χ1) is 8.98. The Hall–Kier alpha value is -1.13. The van der Waals surface area contributed by atoms with Crippen LogP contribution in [0, 0.1) is 5.41 Å². The number of hydrogen-bond acceptors (Lipinski definition) is 4. The van der Waals surface area contributed by atoms with Crippen molar-refractivity contribution >= 4 is 0 Å². The van der Waals surface area contributed by atoms with Gasteiger partial charge in [-0.25, -0.2) is 0 Å². The zero-order valence-electron chi connectivity index (χ0n) is 12.1. The summed E-state index contributed by atoms with van der Waals surface area (Å²) in [6, 6.07) is 3.95. The molecule has 1 saturated heterocycles. The van der Waals surface area contributed by atoms with E-state index in [9.17, 15) is 5.11 Å². The number of pyridine rings is 1. The third-order valence-corrected chi connectivity index (χ3v) is 3.64. The van der Waals surface area contributed by atoms with Gasteiger partial charge in [-0.1, -0.05) is 13.8 Å². The highest BCUT2D eigenvalue weighted by atomic mass is 16.5. The molecule has 1 N–H and O–H groups in total. The molecule has 1 aliphatic rings. The van der Waals surface area contributed by atoms with Crippen molar-refractivity contribution in [3.05, 3.63) is 24.0 Å². The summed E-state index contributed by atoms with van der Waals surface area (Å²) in [5, 5.41) is 9.92. The zero-order chi connectivity index (χ0) is 13.9. The van der Waals surface area contributed by atoms with Gasteiger partial charge in [-0.2, -0.15) is 0 Å². The van der Waals surface area contributed by atoms with E-state index in [1.54, 1.807) is 13.3 Å². The van der Waals surface area contributed by atoms with Crippen molar-refractivity contribution in [1.82, 2.24) is 9.88 Å². The number of rotatable bonds is 3. The second kappa shape index (κ2) is 5.88. The Morgan fingerprint density at radius 3 is 2.89 bits per heavy atom. The van der Waals surface area contributed by atoms with Crippen LogP contribution in [-0.4, -0.2) is 41.3 Å². The van der Waals surface area contributed by atoms with Crippen LogP contribution >= 0.6 is 0 Å². The van der Waals surface area contributed by atoms with Crippen LogP contribution in [0.15, 0.2) is 18.3 Å². The third-order valence-electron chi connectivity index (χ3n) is 3.64. The van der Waals surface area contributed by atoms with E-state index in [-0.39, 0.29) is 11.5 Å². The van der Waals surface area contributed by atoms with Crippen LogP contribution in [0.25, 0.3) is 0 Å². The zero-order valence-corrected chi connectivity index (χ0v) is 12.1. The molecule has 2 rings (SSSR count). The summed E-state index contributed by atoms with van der Waals surface area (Å²) in [7, 11) is 1.65. The summed E-state index contributed by atoms with van der Waals surface area (Å²) in [4.78, 5) is 6.79. The minimum Gasteiger partial charge on any atom is -0.495 e. The van der Waals surface area contributed by atoms with Gasteiger partial charge in [0.05, 0.1) is 25.1 Å². The van der Waals surface area contributed by atoms with Crippen molar-refractivity contribution in [3.8, 4) is 5.75 Å². The summed E-state index contributed by atoms with van der Waals surface area (Å²) in [5.74, 6) is 0.787. The number of aliphatic hydroxyl groups is 1. The largest absolute Gasteiger partial charge is 0.495 e. The second-order valence-electron chi connectivity index (χ2n) is 6.21. The van der Waals surface area contributed by atoms with E-state index in [2.05, 4.69) is 23.7 Å². The van der Waals surface area contributed by atoms with Crippen LogP contribution in [0.3, 0.4) is 0 Å². The Bertz CT molecular complexity index is 403. The number of ether oxygens (including phenoxy) is 1. The minimum absolute atomic E-state index is 0.155. The van der Waals surface area contributed by atoms with Crippen LogP contribution in [0.4, 0.5) is 0 Å². The number of nitrogens with zero attached hydrogens (tertiary/aromatic N) is 2. The van der Waals surface area contributed by atoms with Crippen molar-refractivity contribution in [2.45, 2.75) is 39.3 Å². The van der Waals surface area contributed by atoms with E-state index in [0.29, 0.717) is 0 Å². The van der Waals surface area contributed by atoms with Crippen LogP contribution in [0.5, 0.6) is 5.75 Å². The SMILES string of the molecule is COc1ccc(CN2CCC(O)CC(C)(C)C2)nc1. The predicted octanol–water partition coefficient (Wildman–Crippen LogP) is 2.07. The van der Waals surface area contributed by atoms with Crippen LogP contribution in [0.1, 0.15) is 32.4 Å². The molecule has 1 atom stereocenters. The highest BCUT2D eigenvalue weighted by Crippen LogP contribution is 2.28. The number of likely N-dealkylation sites (tertiary alicyclic amines) is 1. The average molecular weight is 264 g/mol. The summed E-state index contributed by atoms with van der Waals surface area (Å²) in [6.45, 7) is 7.20. The predicted molar refractivity (Wildman–Crippen MR) is 75.1 cm³/mol. The maximum Gasteiger partial charge on any atom is 0.137 e. The van der Waals surface area contributed by atoms with Crippen molar-refractivity contribution in [3.63, 3.8) is 0 Å². The first-order valence-electron chi connectivity index (χ1n) is 6.88. The van der Waals surface area contributed by atoms with Gasteiger partial charge in [-0.05, 0) is 30.4 Å². The summed E-state index contributed by atoms with van der Waals surface area (Å²) < 4.78 is 5.12. The lowest BCUT2D eigenvalue weighted by Gasteiger charge is -2.29. The molecule has 0 aromatic carbocycles. The molecule has 0 saturated carbocycles. The van der Waals surface area contributed by atoms with Gasteiger partial charge in [0.1, 0.15) is 5.75 Å². The molecule has 0 bridgehead atoms. The van der Waals surface area contributed by atoms with Crippen LogP contribution in [0.2, 0.25) is 0 Å². The first-order valence-corrected chi connectivity index (χ1v) is 6.88. The van der Waals surface area contributed by atoms with Crippen molar-refractivity contribution < 1.29 is 9.84 Å². The van der Waals surface area contributed by atoms with Crippen molar-refractivity contribution in [2.24, 2.45) is 5.41 Å². The van der Waals surface area contributed by atoms with E-state index >= 15 is 0 Å². The van der Waals surface area contributed by atoms with Crippen LogP contribution < -0.4 is 4.74 Å². The molecular weight excluding hydrogens is 240 g/mol. The molecule has 19 heavy (non-hydrogen) atoms.